The fourth-order valence-electron chi connectivity index (χ4n) is 2.46. The SMILES string of the molecule is CCCCCCC1CC(O)c2ccc(Br)cc2O1. The molecule has 0 saturated heterocycles. The van der Waals surface area contributed by atoms with Crippen molar-refractivity contribution in [1.29, 1.82) is 0 Å². The second-order valence-electron chi connectivity index (χ2n) is 5.02. The van der Waals surface area contributed by atoms with Gasteiger partial charge in [-0.3, -0.25) is 0 Å². The van der Waals surface area contributed by atoms with Crippen molar-refractivity contribution in [2.75, 3.05) is 0 Å². The van der Waals surface area contributed by atoms with Crippen LogP contribution in [0.1, 0.15) is 57.1 Å². The van der Waals surface area contributed by atoms with Crippen LogP contribution in [-0.4, -0.2) is 11.2 Å². The number of hydrogen-bond donors (Lipinski definition) is 1. The van der Waals surface area contributed by atoms with Gasteiger partial charge in [-0.15, -0.1) is 0 Å². The zero-order valence-electron chi connectivity index (χ0n) is 10.9. The van der Waals surface area contributed by atoms with E-state index in [9.17, 15) is 5.11 Å². The monoisotopic (exact) mass is 312 g/mol. The topological polar surface area (TPSA) is 29.5 Å². The van der Waals surface area contributed by atoms with Crippen molar-refractivity contribution in [3.05, 3.63) is 28.2 Å². The van der Waals surface area contributed by atoms with Gasteiger partial charge in [-0.2, -0.15) is 0 Å². The third-order valence-corrected chi connectivity index (χ3v) is 3.99. The van der Waals surface area contributed by atoms with E-state index in [1.807, 2.05) is 18.2 Å². The van der Waals surface area contributed by atoms with Crippen molar-refractivity contribution in [3.63, 3.8) is 0 Å². The smallest absolute Gasteiger partial charge is 0.126 e. The average molecular weight is 313 g/mol. The molecule has 18 heavy (non-hydrogen) atoms. The van der Waals surface area contributed by atoms with Gasteiger partial charge in [0.1, 0.15) is 11.9 Å². The van der Waals surface area contributed by atoms with Gasteiger partial charge in [0.2, 0.25) is 0 Å². The van der Waals surface area contributed by atoms with Gasteiger partial charge in [0.25, 0.3) is 0 Å². The van der Waals surface area contributed by atoms with Crippen LogP contribution < -0.4 is 4.74 Å². The van der Waals surface area contributed by atoms with E-state index in [-0.39, 0.29) is 12.2 Å². The number of aliphatic hydroxyl groups excluding tert-OH is 1. The normalized spacial score (nSPS) is 22.4. The van der Waals surface area contributed by atoms with Crippen molar-refractivity contribution >= 4 is 15.9 Å². The summed E-state index contributed by atoms with van der Waals surface area (Å²) in [4.78, 5) is 0. The molecule has 0 bridgehead atoms. The average Bonchev–Trinajstić information content (AvgIpc) is 2.34. The van der Waals surface area contributed by atoms with Crippen LogP contribution in [0.3, 0.4) is 0 Å². The molecule has 0 fully saturated rings. The summed E-state index contributed by atoms with van der Waals surface area (Å²) in [5, 5.41) is 10.1. The first-order chi connectivity index (χ1) is 8.70. The summed E-state index contributed by atoms with van der Waals surface area (Å²) >= 11 is 3.44. The zero-order valence-corrected chi connectivity index (χ0v) is 12.4. The minimum absolute atomic E-state index is 0.165. The van der Waals surface area contributed by atoms with Crippen LogP contribution in [0.4, 0.5) is 0 Å². The molecule has 2 nitrogen and oxygen atoms in total. The van der Waals surface area contributed by atoms with Gasteiger partial charge < -0.3 is 9.84 Å². The van der Waals surface area contributed by atoms with Crippen molar-refractivity contribution in [3.8, 4) is 5.75 Å². The van der Waals surface area contributed by atoms with Gasteiger partial charge in [-0.05, 0) is 25.0 Å². The van der Waals surface area contributed by atoms with E-state index in [4.69, 9.17) is 4.74 Å². The molecule has 0 saturated carbocycles. The Kier molecular flexibility index (Phi) is 5.07. The minimum Gasteiger partial charge on any atom is -0.490 e. The largest absolute Gasteiger partial charge is 0.490 e. The second kappa shape index (κ2) is 6.58. The Hall–Kier alpha value is -0.540. The van der Waals surface area contributed by atoms with E-state index in [2.05, 4.69) is 22.9 Å². The summed E-state index contributed by atoms with van der Waals surface area (Å²) in [7, 11) is 0. The van der Waals surface area contributed by atoms with Gasteiger partial charge >= 0.3 is 0 Å². The molecule has 1 aliphatic rings. The molecule has 100 valence electrons. The van der Waals surface area contributed by atoms with Crippen LogP contribution in [0.2, 0.25) is 0 Å². The molecule has 3 heteroatoms. The second-order valence-corrected chi connectivity index (χ2v) is 5.94. The fourth-order valence-corrected chi connectivity index (χ4v) is 2.80. The lowest BCUT2D eigenvalue weighted by atomic mass is 9.96. The number of aliphatic hydroxyl groups is 1. The quantitative estimate of drug-likeness (QED) is 0.805. The number of benzene rings is 1. The molecular formula is C15H21BrO2. The predicted octanol–water partition coefficient (Wildman–Crippen LogP) is 4.60. The minimum atomic E-state index is -0.377. The summed E-state index contributed by atoms with van der Waals surface area (Å²) in [5.41, 5.74) is 0.919. The number of halogens is 1. The third kappa shape index (κ3) is 3.48. The third-order valence-electron chi connectivity index (χ3n) is 3.49. The summed E-state index contributed by atoms with van der Waals surface area (Å²) in [6.07, 6.45) is 6.55. The van der Waals surface area contributed by atoms with Crippen LogP contribution in [-0.2, 0) is 0 Å². The van der Waals surface area contributed by atoms with Crippen LogP contribution >= 0.6 is 15.9 Å². The van der Waals surface area contributed by atoms with E-state index >= 15 is 0 Å². The highest BCUT2D eigenvalue weighted by molar-refractivity contribution is 9.10. The van der Waals surface area contributed by atoms with Crippen molar-refractivity contribution < 1.29 is 9.84 Å². The van der Waals surface area contributed by atoms with E-state index in [0.717, 1.165) is 28.6 Å². The Balaban J connectivity index is 1.94. The van der Waals surface area contributed by atoms with Crippen molar-refractivity contribution in [1.82, 2.24) is 0 Å². The van der Waals surface area contributed by atoms with E-state index in [1.54, 1.807) is 0 Å². The molecule has 0 spiro atoms. The molecular weight excluding hydrogens is 292 g/mol. The highest BCUT2D eigenvalue weighted by atomic mass is 79.9. The van der Waals surface area contributed by atoms with Crippen molar-refractivity contribution in [2.45, 2.75) is 57.7 Å². The molecule has 0 aliphatic carbocycles. The fraction of sp³-hybridized carbons (Fsp3) is 0.600. The molecule has 2 atom stereocenters. The summed E-state index contributed by atoms with van der Waals surface area (Å²) < 4.78 is 6.97. The lowest BCUT2D eigenvalue weighted by molar-refractivity contribution is 0.0604. The van der Waals surface area contributed by atoms with Crippen LogP contribution in [0.25, 0.3) is 0 Å². The number of hydrogen-bond acceptors (Lipinski definition) is 2. The van der Waals surface area contributed by atoms with Crippen molar-refractivity contribution in [2.24, 2.45) is 0 Å². The van der Waals surface area contributed by atoms with Crippen LogP contribution in [0.15, 0.2) is 22.7 Å². The zero-order chi connectivity index (χ0) is 13.0. The maximum absolute atomic E-state index is 10.1. The van der Waals surface area contributed by atoms with Gasteiger partial charge in [0.15, 0.2) is 0 Å². The molecule has 2 unspecified atom stereocenters. The molecule has 0 aromatic heterocycles. The van der Waals surface area contributed by atoms with Gasteiger partial charge in [-0.25, -0.2) is 0 Å². The molecule has 0 amide bonds. The Morgan fingerprint density at radius 2 is 2.17 bits per heavy atom. The van der Waals surface area contributed by atoms with E-state index < -0.39 is 0 Å². The molecule has 1 aromatic carbocycles. The van der Waals surface area contributed by atoms with Gasteiger partial charge in [0.05, 0.1) is 6.10 Å². The lowest BCUT2D eigenvalue weighted by Gasteiger charge is -2.29. The predicted molar refractivity (Wildman–Crippen MR) is 76.9 cm³/mol. The standard InChI is InChI=1S/C15H21BrO2/c1-2-3-4-5-6-12-10-14(17)13-8-7-11(16)9-15(13)18-12/h7-9,12,14,17H,2-6,10H2,1H3. The number of fused-ring (bicyclic) bond motifs is 1. The highest BCUT2D eigenvalue weighted by Gasteiger charge is 2.26. The highest BCUT2D eigenvalue weighted by Crippen LogP contribution is 2.37. The molecule has 1 N–H and O–H groups in total. The number of unbranched alkanes of at least 4 members (excludes halogenated alkanes) is 3. The maximum Gasteiger partial charge on any atom is 0.126 e. The summed E-state index contributed by atoms with van der Waals surface area (Å²) in [5.74, 6) is 0.837. The lowest BCUT2D eigenvalue weighted by Crippen LogP contribution is -2.25. The van der Waals surface area contributed by atoms with Gasteiger partial charge in [-0.1, -0.05) is 48.2 Å². The first kappa shape index (κ1) is 13.9. The summed E-state index contributed by atoms with van der Waals surface area (Å²) in [6.45, 7) is 2.22. The molecule has 2 rings (SSSR count). The van der Waals surface area contributed by atoms with Crippen LogP contribution in [0.5, 0.6) is 5.75 Å². The Morgan fingerprint density at radius 1 is 1.33 bits per heavy atom. The number of rotatable bonds is 5. The summed E-state index contributed by atoms with van der Waals surface area (Å²) in [6, 6.07) is 5.85. The first-order valence-electron chi connectivity index (χ1n) is 6.85. The number of ether oxygens (including phenoxy) is 1. The van der Waals surface area contributed by atoms with E-state index in [0.29, 0.717) is 0 Å². The van der Waals surface area contributed by atoms with Crippen LogP contribution in [0, 0.1) is 0 Å². The Bertz CT molecular complexity index is 392. The van der Waals surface area contributed by atoms with Gasteiger partial charge in [0, 0.05) is 16.5 Å². The Labute approximate surface area is 117 Å². The molecule has 0 radical (unpaired) electrons. The first-order valence-corrected chi connectivity index (χ1v) is 7.64. The molecule has 1 aromatic rings. The maximum atomic E-state index is 10.1. The molecule has 1 aliphatic heterocycles. The molecule has 1 heterocycles. The Morgan fingerprint density at radius 3 is 2.94 bits per heavy atom. The van der Waals surface area contributed by atoms with E-state index in [1.165, 1.54) is 25.7 Å².